The Bertz CT molecular complexity index is 780. The van der Waals surface area contributed by atoms with E-state index in [2.05, 4.69) is 5.10 Å². The van der Waals surface area contributed by atoms with Crippen molar-refractivity contribution in [3.63, 3.8) is 0 Å². The third-order valence-electron chi connectivity index (χ3n) is 2.77. The number of halogens is 1. The van der Waals surface area contributed by atoms with Crippen LogP contribution in [0.25, 0.3) is 16.6 Å². The molecule has 0 spiro atoms. The number of para-hydroxylation sites is 2. The van der Waals surface area contributed by atoms with Crippen LogP contribution in [0.1, 0.15) is 0 Å². The first-order valence-corrected chi connectivity index (χ1v) is 5.87. The molecule has 3 rings (SSSR count). The molecule has 0 atom stereocenters. The lowest BCUT2D eigenvalue weighted by Gasteiger charge is -2.10. The van der Waals surface area contributed by atoms with Gasteiger partial charge in [0.25, 0.3) is 0 Å². The molecule has 0 unspecified atom stereocenters. The van der Waals surface area contributed by atoms with Crippen molar-refractivity contribution in [1.82, 2.24) is 9.78 Å². The topological polar surface area (TPSA) is 34.9 Å². The van der Waals surface area contributed by atoms with Gasteiger partial charge in [-0.15, -0.1) is 0 Å². The number of benzene rings is 2. The Morgan fingerprint density at radius 2 is 1.72 bits per heavy atom. The fraction of sp³-hybridized carbons (Fsp3) is 0. The lowest BCUT2D eigenvalue weighted by atomic mass is 10.2. The van der Waals surface area contributed by atoms with Gasteiger partial charge in [-0.1, -0.05) is 35.9 Å². The maximum absolute atomic E-state index is 11.7. The highest BCUT2D eigenvalue weighted by Crippen LogP contribution is 2.21. The van der Waals surface area contributed by atoms with Crippen LogP contribution in [0.3, 0.4) is 0 Å². The largest absolute Gasteiger partial charge is 0.287 e. The highest BCUT2D eigenvalue weighted by Gasteiger charge is 2.07. The maximum Gasteiger partial charge on any atom is 0.207 e. The first kappa shape index (κ1) is 11.0. The maximum atomic E-state index is 11.7. The fourth-order valence-corrected chi connectivity index (χ4v) is 2.14. The second-order valence-corrected chi connectivity index (χ2v) is 4.30. The van der Waals surface area contributed by atoms with Gasteiger partial charge in [0.05, 0.1) is 22.4 Å². The summed E-state index contributed by atoms with van der Waals surface area (Å²) in [6.45, 7) is 0. The smallest absolute Gasteiger partial charge is 0.207 e. The van der Waals surface area contributed by atoms with Gasteiger partial charge in [0, 0.05) is 5.39 Å². The van der Waals surface area contributed by atoms with Gasteiger partial charge >= 0.3 is 0 Å². The van der Waals surface area contributed by atoms with E-state index in [1.54, 1.807) is 16.8 Å². The molecule has 0 aliphatic rings. The monoisotopic (exact) mass is 256 g/mol. The van der Waals surface area contributed by atoms with Crippen molar-refractivity contribution in [2.75, 3.05) is 0 Å². The summed E-state index contributed by atoms with van der Waals surface area (Å²) in [6.07, 6.45) is 1.31. The van der Waals surface area contributed by atoms with Gasteiger partial charge in [0.1, 0.15) is 0 Å². The Hall–Kier alpha value is -2.13. The first-order valence-electron chi connectivity index (χ1n) is 5.49. The molecule has 0 fully saturated rings. The standard InChI is InChI=1S/C14H9ClN2O/c15-11-6-2-4-8-13(11)17-12-7-3-1-5-10(12)14(18)9-16-17/h1-9H. The van der Waals surface area contributed by atoms with Crippen molar-refractivity contribution in [3.05, 3.63) is 70.0 Å². The first-order chi connectivity index (χ1) is 8.77. The van der Waals surface area contributed by atoms with Crippen molar-refractivity contribution in [2.45, 2.75) is 0 Å². The Balaban J connectivity index is 2.41. The average molecular weight is 257 g/mol. The van der Waals surface area contributed by atoms with Gasteiger partial charge in [-0.2, -0.15) is 5.10 Å². The van der Waals surface area contributed by atoms with Crippen LogP contribution in [0, 0.1) is 0 Å². The lowest BCUT2D eigenvalue weighted by Crippen LogP contribution is -2.10. The molecular weight excluding hydrogens is 248 g/mol. The van der Waals surface area contributed by atoms with Crippen LogP contribution in [0.5, 0.6) is 0 Å². The van der Waals surface area contributed by atoms with E-state index >= 15 is 0 Å². The molecule has 3 aromatic rings. The summed E-state index contributed by atoms with van der Waals surface area (Å²) in [5.41, 5.74) is 1.42. The van der Waals surface area contributed by atoms with Crippen LogP contribution in [-0.2, 0) is 0 Å². The van der Waals surface area contributed by atoms with Crippen molar-refractivity contribution < 1.29 is 0 Å². The van der Waals surface area contributed by atoms with E-state index in [0.29, 0.717) is 10.4 Å². The molecule has 88 valence electrons. The Labute approximate surface area is 108 Å². The molecule has 2 aromatic carbocycles. The summed E-state index contributed by atoms with van der Waals surface area (Å²) in [5, 5.41) is 5.39. The van der Waals surface area contributed by atoms with Crippen molar-refractivity contribution >= 4 is 22.5 Å². The van der Waals surface area contributed by atoms with E-state index < -0.39 is 0 Å². The molecule has 0 aliphatic carbocycles. The molecule has 0 saturated carbocycles. The Kier molecular flexibility index (Phi) is 2.61. The molecule has 0 radical (unpaired) electrons. The SMILES string of the molecule is O=c1cnn(-c2ccccc2Cl)c2ccccc12. The summed E-state index contributed by atoms with van der Waals surface area (Å²) in [4.78, 5) is 11.7. The number of fused-ring (bicyclic) bond motifs is 1. The molecule has 0 aliphatic heterocycles. The third-order valence-corrected chi connectivity index (χ3v) is 3.09. The van der Waals surface area contributed by atoms with E-state index in [4.69, 9.17) is 11.6 Å². The molecule has 0 bridgehead atoms. The molecule has 3 nitrogen and oxygen atoms in total. The minimum absolute atomic E-state index is 0.0890. The number of hydrogen-bond donors (Lipinski definition) is 0. The summed E-state index contributed by atoms with van der Waals surface area (Å²) >= 11 is 6.16. The molecule has 1 heterocycles. The predicted molar refractivity (Wildman–Crippen MR) is 72.4 cm³/mol. The minimum Gasteiger partial charge on any atom is -0.287 e. The van der Waals surface area contributed by atoms with E-state index in [0.717, 1.165) is 11.2 Å². The predicted octanol–water partition coefficient (Wildman–Crippen LogP) is 3.04. The van der Waals surface area contributed by atoms with Gasteiger partial charge in [0.2, 0.25) is 5.43 Å². The molecule has 0 saturated heterocycles. The van der Waals surface area contributed by atoms with E-state index in [1.165, 1.54) is 6.20 Å². The number of rotatable bonds is 1. The second kappa shape index (κ2) is 4.27. The van der Waals surface area contributed by atoms with Crippen LogP contribution >= 0.6 is 11.6 Å². The van der Waals surface area contributed by atoms with Gasteiger partial charge in [0.15, 0.2) is 0 Å². The fourth-order valence-electron chi connectivity index (χ4n) is 1.92. The van der Waals surface area contributed by atoms with Crippen molar-refractivity contribution in [2.24, 2.45) is 0 Å². The van der Waals surface area contributed by atoms with Crippen LogP contribution in [0.15, 0.2) is 59.5 Å². The van der Waals surface area contributed by atoms with Crippen LogP contribution < -0.4 is 5.43 Å². The summed E-state index contributed by atoms with van der Waals surface area (Å²) in [6, 6.07) is 14.8. The summed E-state index contributed by atoms with van der Waals surface area (Å²) in [5.74, 6) is 0. The molecule has 4 heteroatoms. The normalized spacial score (nSPS) is 10.7. The molecule has 0 N–H and O–H groups in total. The number of hydrogen-bond acceptors (Lipinski definition) is 2. The highest BCUT2D eigenvalue weighted by molar-refractivity contribution is 6.32. The van der Waals surface area contributed by atoms with Crippen LogP contribution in [0.2, 0.25) is 5.02 Å². The van der Waals surface area contributed by atoms with Crippen molar-refractivity contribution in [1.29, 1.82) is 0 Å². The van der Waals surface area contributed by atoms with Gasteiger partial charge in [-0.05, 0) is 24.3 Å². The quantitative estimate of drug-likeness (QED) is 0.671. The van der Waals surface area contributed by atoms with Gasteiger partial charge < -0.3 is 0 Å². The molecule has 1 aromatic heterocycles. The van der Waals surface area contributed by atoms with Crippen LogP contribution in [0.4, 0.5) is 0 Å². The summed E-state index contributed by atoms with van der Waals surface area (Å²) < 4.78 is 1.68. The van der Waals surface area contributed by atoms with Gasteiger partial charge in [-0.3, -0.25) is 4.79 Å². The Morgan fingerprint density at radius 3 is 2.56 bits per heavy atom. The zero-order chi connectivity index (χ0) is 12.5. The molecular formula is C14H9ClN2O. The number of nitrogens with zero attached hydrogens (tertiary/aromatic N) is 2. The van der Waals surface area contributed by atoms with Crippen LogP contribution in [-0.4, -0.2) is 9.78 Å². The van der Waals surface area contributed by atoms with E-state index in [-0.39, 0.29) is 5.43 Å². The zero-order valence-corrected chi connectivity index (χ0v) is 10.1. The van der Waals surface area contributed by atoms with E-state index in [1.807, 2.05) is 36.4 Å². The summed E-state index contributed by atoms with van der Waals surface area (Å²) in [7, 11) is 0. The third kappa shape index (κ3) is 1.69. The lowest BCUT2D eigenvalue weighted by molar-refractivity contribution is 0.879. The molecule has 18 heavy (non-hydrogen) atoms. The minimum atomic E-state index is -0.0890. The second-order valence-electron chi connectivity index (χ2n) is 3.89. The van der Waals surface area contributed by atoms with Crippen molar-refractivity contribution in [3.8, 4) is 5.69 Å². The molecule has 0 amide bonds. The zero-order valence-electron chi connectivity index (χ0n) is 9.38. The number of aromatic nitrogens is 2. The van der Waals surface area contributed by atoms with E-state index in [9.17, 15) is 4.79 Å². The average Bonchev–Trinajstić information content (AvgIpc) is 2.41. The Morgan fingerprint density at radius 1 is 1.00 bits per heavy atom. The van der Waals surface area contributed by atoms with Gasteiger partial charge in [-0.25, -0.2) is 4.68 Å². The highest BCUT2D eigenvalue weighted by atomic mass is 35.5.